The maximum atomic E-state index is 2.35. The van der Waals surface area contributed by atoms with Gasteiger partial charge < -0.3 is 0 Å². The summed E-state index contributed by atoms with van der Waals surface area (Å²) in [4.78, 5) is 0. The average Bonchev–Trinajstić information content (AvgIpc) is 3.38. The van der Waals surface area contributed by atoms with Gasteiger partial charge in [0.05, 0.1) is 0 Å². The molecule has 0 spiro atoms. The average molecular weight is 277 g/mol. The Balaban J connectivity index is 1.91. The van der Waals surface area contributed by atoms with Crippen molar-refractivity contribution in [2.24, 2.45) is 5.92 Å². The lowest BCUT2D eigenvalue weighted by Gasteiger charge is -2.22. The molecular weight excluding hydrogens is 252 g/mol. The quantitative estimate of drug-likeness (QED) is 0.628. The van der Waals surface area contributed by atoms with Crippen LogP contribution in [0.4, 0.5) is 0 Å². The molecule has 0 amide bonds. The first kappa shape index (κ1) is 14.4. The van der Waals surface area contributed by atoms with E-state index in [4.69, 9.17) is 0 Å². The number of benzene rings is 2. The van der Waals surface area contributed by atoms with E-state index in [0.29, 0.717) is 5.92 Å². The van der Waals surface area contributed by atoms with Crippen LogP contribution in [0.2, 0.25) is 0 Å². The van der Waals surface area contributed by atoms with E-state index < -0.39 is 0 Å². The van der Waals surface area contributed by atoms with Crippen LogP contribution in [0.3, 0.4) is 0 Å². The van der Waals surface area contributed by atoms with Gasteiger partial charge >= 0.3 is 0 Å². The highest BCUT2D eigenvalue weighted by Crippen LogP contribution is 2.45. The van der Waals surface area contributed by atoms with Gasteiger partial charge in [0.25, 0.3) is 0 Å². The number of hydrogen-bond acceptors (Lipinski definition) is 0. The molecule has 0 saturated heterocycles. The monoisotopic (exact) mass is 277 g/mol. The molecule has 109 valence electrons. The normalized spacial score (nSPS) is 16.1. The third-order valence-corrected chi connectivity index (χ3v) is 4.76. The van der Waals surface area contributed by atoms with Gasteiger partial charge in [-0.2, -0.15) is 0 Å². The second-order valence-corrected chi connectivity index (χ2v) is 6.36. The summed E-state index contributed by atoms with van der Waals surface area (Å²) in [5, 5.41) is 0. The summed E-state index contributed by atoms with van der Waals surface area (Å²) in [5.74, 6) is 3.12. The van der Waals surface area contributed by atoms with E-state index in [-0.39, 0.29) is 0 Å². The molecule has 2 aromatic rings. The maximum absolute atomic E-state index is 2.35. The van der Waals surface area contributed by atoms with E-state index in [1.165, 1.54) is 36.0 Å². The zero-order valence-corrected chi connectivity index (χ0v) is 13.2. The van der Waals surface area contributed by atoms with Crippen molar-refractivity contribution >= 4 is 0 Å². The molecule has 0 aromatic heterocycles. The Bertz CT molecular complexity index is 566. The first-order valence-electron chi connectivity index (χ1n) is 8.28. The Morgan fingerprint density at radius 2 is 1.67 bits per heavy atom. The first-order chi connectivity index (χ1) is 10.3. The van der Waals surface area contributed by atoms with Gasteiger partial charge in [0.1, 0.15) is 0 Å². The Morgan fingerprint density at radius 3 is 2.33 bits per heavy atom. The van der Waals surface area contributed by atoms with E-state index in [2.05, 4.69) is 68.4 Å². The zero-order chi connectivity index (χ0) is 14.7. The summed E-state index contributed by atoms with van der Waals surface area (Å²) in [6.07, 6.45) is 5.06. The van der Waals surface area contributed by atoms with Gasteiger partial charge in [0, 0.05) is 5.92 Å². The summed E-state index contributed by atoms with van der Waals surface area (Å²) in [6.45, 7) is 4.64. The van der Waals surface area contributed by atoms with Gasteiger partial charge in [-0.15, -0.1) is 0 Å². The van der Waals surface area contributed by atoms with Crippen LogP contribution in [-0.2, 0) is 6.42 Å². The van der Waals surface area contributed by atoms with E-state index in [9.17, 15) is 0 Å². The molecule has 0 N–H and O–H groups in total. The third kappa shape index (κ3) is 3.37. The van der Waals surface area contributed by atoms with Gasteiger partial charge in [-0.25, -0.2) is 0 Å². The fraction of sp³-hybridized carbons (Fsp3) is 0.381. The minimum Gasteiger partial charge on any atom is -0.0648 e. The van der Waals surface area contributed by atoms with Gasteiger partial charge in [0.15, 0.2) is 0 Å². The van der Waals surface area contributed by atoms with Crippen molar-refractivity contribution in [3.63, 3.8) is 0 Å². The Morgan fingerprint density at radius 1 is 1.00 bits per heavy atom. The standard InChI is InChI=1S/C21H25/c1-3-16(2)19-11-7-8-12-20(19)21(18-13-14-18)15-17-9-5-4-6-10-17/h4-12,16,18H,3,13-15H2,1-2H3. The second kappa shape index (κ2) is 6.47. The molecule has 2 aromatic carbocycles. The van der Waals surface area contributed by atoms with Crippen molar-refractivity contribution < 1.29 is 0 Å². The topological polar surface area (TPSA) is 0 Å². The lowest BCUT2D eigenvalue weighted by Crippen LogP contribution is -2.11. The Hall–Kier alpha value is -1.56. The SMILES string of the molecule is CCC(C)c1ccccc1[C](Cc1ccccc1)C1CC1. The predicted octanol–water partition coefficient (Wildman–Crippen LogP) is 5.78. The van der Waals surface area contributed by atoms with Gasteiger partial charge in [0.2, 0.25) is 0 Å². The lowest BCUT2D eigenvalue weighted by atomic mass is 9.81. The largest absolute Gasteiger partial charge is 0.0648 e. The molecule has 0 heterocycles. The number of hydrogen-bond donors (Lipinski definition) is 0. The van der Waals surface area contributed by atoms with Crippen molar-refractivity contribution in [2.75, 3.05) is 0 Å². The molecule has 1 radical (unpaired) electrons. The maximum Gasteiger partial charge on any atom is 0.0127 e. The number of rotatable bonds is 6. The van der Waals surface area contributed by atoms with Gasteiger partial charge in [-0.1, -0.05) is 68.4 Å². The van der Waals surface area contributed by atoms with Crippen molar-refractivity contribution in [2.45, 2.75) is 45.4 Å². The highest BCUT2D eigenvalue weighted by atomic mass is 14.4. The first-order valence-corrected chi connectivity index (χ1v) is 8.28. The van der Waals surface area contributed by atoms with E-state index in [1.807, 2.05) is 0 Å². The van der Waals surface area contributed by atoms with Crippen LogP contribution < -0.4 is 0 Å². The van der Waals surface area contributed by atoms with Crippen LogP contribution in [0.15, 0.2) is 54.6 Å². The van der Waals surface area contributed by atoms with E-state index in [1.54, 1.807) is 5.92 Å². The molecule has 0 heteroatoms. The molecule has 0 bridgehead atoms. The van der Waals surface area contributed by atoms with Crippen molar-refractivity contribution in [3.05, 3.63) is 77.2 Å². The predicted molar refractivity (Wildman–Crippen MR) is 90.4 cm³/mol. The summed E-state index contributed by atoms with van der Waals surface area (Å²) in [6, 6.07) is 20.0. The lowest BCUT2D eigenvalue weighted by molar-refractivity contribution is 0.710. The third-order valence-electron chi connectivity index (χ3n) is 4.76. The summed E-state index contributed by atoms with van der Waals surface area (Å²) in [5.41, 5.74) is 4.51. The fourth-order valence-corrected chi connectivity index (χ4v) is 3.15. The van der Waals surface area contributed by atoms with E-state index >= 15 is 0 Å². The highest BCUT2D eigenvalue weighted by molar-refractivity contribution is 5.44. The molecule has 0 aliphatic heterocycles. The van der Waals surface area contributed by atoms with Crippen molar-refractivity contribution in [3.8, 4) is 0 Å². The van der Waals surface area contributed by atoms with Crippen molar-refractivity contribution in [1.82, 2.24) is 0 Å². The Kier molecular flexibility index (Phi) is 4.43. The Labute approximate surface area is 129 Å². The molecular formula is C21H25. The highest BCUT2D eigenvalue weighted by Gasteiger charge is 2.34. The van der Waals surface area contributed by atoms with Crippen molar-refractivity contribution in [1.29, 1.82) is 0 Å². The summed E-state index contributed by atoms with van der Waals surface area (Å²) < 4.78 is 0. The van der Waals surface area contributed by atoms with Crippen LogP contribution in [0.25, 0.3) is 0 Å². The van der Waals surface area contributed by atoms with Gasteiger partial charge in [-0.3, -0.25) is 0 Å². The molecule has 1 aliphatic carbocycles. The van der Waals surface area contributed by atoms with Crippen LogP contribution >= 0.6 is 0 Å². The minimum atomic E-state index is 0.644. The van der Waals surface area contributed by atoms with Crippen LogP contribution in [-0.4, -0.2) is 0 Å². The molecule has 1 fully saturated rings. The molecule has 1 unspecified atom stereocenters. The summed E-state index contributed by atoms with van der Waals surface area (Å²) >= 11 is 0. The second-order valence-electron chi connectivity index (χ2n) is 6.36. The molecule has 1 saturated carbocycles. The smallest absolute Gasteiger partial charge is 0.0127 e. The molecule has 0 nitrogen and oxygen atoms in total. The molecule has 3 rings (SSSR count). The van der Waals surface area contributed by atoms with E-state index in [0.717, 1.165) is 12.3 Å². The zero-order valence-electron chi connectivity index (χ0n) is 13.2. The van der Waals surface area contributed by atoms with Crippen LogP contribution in [0, 0.1) is 11.8 Å². The fourth-order valence-electron chi connectivity index (χ4n) is 3.15. The van der Waals surface area contributed by atoms with Gasteiger partial charge in [-0.05, 0) is 54.2 Å². The van der Waals surface area contributed by atoms with Crippen LogP contribution in [0.5, 0.6) is 0 Å². The van der Waals surface area contributed by atoms with Crippen LogP contribution in [0.1, 0.15) is 55.7 Å². The molecule has 1 aliphatic rings. The molecule has 1 atom stereocenters. The summed E-state index contributed by atoms with van der Waals surface area (Å²) in [7, 11) is 0. The molecule has 21 heavy (non-hydrogen) atoms. The minimum absolute atomic E-state index is 0.644.